The molecule has 0 heterocycles. The minimum Gasteiger partial charge on any atom is -0.507 e. The van der Waals surface area contributed by atoms with Gasteiger partial charge in [0.15, 0.2) is 0 Å². The van der Waals surface area contributed by atoms with Crippen LogP contribution < -0.4 is 5.48 Å². The molecule has 0 fully saturated rings. The van der Waals surface area contributed by atoms with Crippen molar-refractivity contribution in [2.45, 2.75) is 26.2 Å². The highest BCUT2D eigenvalue weighted by molar-refractivity contribution is 5.96. The fraction of sp³-hybridized carbons (Fsp3) is 0.364. The lowest BCUT2D eigenvalue weighted by Gasteiger charge is -2.19. The van der Waals surface area contributed by atoms with E-state index in [2.05, 4.69) is 0 Å². The second-order valence-electron chi connectivity index (χ2n) is 4.42. The van der Waals surface area contributed by atoms with E-state index in [1.54, 1.807) is 12.1 Å². The summed E-state index contributed by atoms with van der Waals surface area (Å²) in [5.41, 5.74) is 2.38. The number of hydrogen-bond acceptors (Lipinski definition) is 3. The lowest BCUT2D eigenvalue weighted by atomic mass is 9.86. The number of hydrogen-bond donors (Lipinski definition) is 3. The molecule has 0 aliphatic carbocycles. The first-order valence-corrected chi connectivity index (χ1v) is 4.64. The van der Waals surface area contributed by atoms with Crippen molar-refractivity contribution in [2.24, 2.45) is 0 Å². The van der Waals surface area contributed by atoms with E-state index in [1.165, 1.54) is 11.5 Å². The average molecular weight is 209 g/mol. The summed E-state index contributed by atoms with van der Waals surface area (Å²) in [5.74, 6) is -0.854. The topological polar surface area (TPSA) is 69.6 Å². The number of nitrogens with one attached hydrogen (secondary N) is 1. The monoisotopic (exact) mass is 209 g/mol. The van der Waals surface area contributed by atoms with Gasteiger partial charge in [0.25, 0.3) is 5.91 Å². The van der Waals surface area contributed by atoms with Gasteiger partial charge in [0, 0.05) is 0 Å². The summed E-state index contributed by atoms with van der Waals surface area (Å²) in [6.07, 6.45) is 0. The maximum Gasteiger partial charge on any atom is 0.278 e. The highest BCUT2D eigenvalue weighted by Crippen LogP contribution is 2.27. The Kier molecular flexibility index (Phi) is 3.00. The SMILES string of the molecule is CC(C)(C)c1ccc(O)c(C(=O)NO)c1. The molecule has 0 saturated heterocycles. The third-order valence-electron chi connectivity index (χ3n) is 2.21. The van der Waals surface area contributed by atoms with Gasteiger partial charge in [0.1, 0.15) is 5.75 Å². The Hall–Kier alpha value is -1.55. The minimum atomic E-state index is -0.710. The zero-order valence-electron chi connectivity index (χ0n) is 9.03. The van der Waals surface area contributed by atoms with Crippen LogP contribution in [0, 0.1) is 0 Å². The number of hydroxylamine groups is 1. The number of rotatable bonds is 1. The van der Waals surface area contributed by atoms with Gasteiger partial charge in [0.2, 0.25) is 0 Å². The molecular formula is C11H15NO3. The average Bonchev–Trinajstić information content (AvgIpc) is 2.15. The lowest BCUT2D eigenvalue weighted by Crippen LogP contribution is -2.20. The van der Waals surface area contributed by atoms with Crippen LogP contribution in [-0.2, 0) is 5.41 Å². The molecule has 0 saturated carbocycles. The second kappa shape index (κ2) is 3.90. The maximum atomic E-state index is 11.2. The van der Waals surface area contributed by atoms with Crippen molar-refractivity contribution < 1.29 is 15.1 Å². The molecule has 1 aromatic rings. The summed E-state index contributed by atoms with van der Waals surface area (Å²) in [6.45, 7) is 6.00. The fourth-order valence-electron chi connectivity index (χ4n) is 1.24. The Labute approximate surface area is 88.5 Å². The molecule has 15 heavy (non-hydrogen) atoms. The number of amides is 1. The van der Waals surface area contributed by atoms with Gasteiger partial charge in [-0.05, 0) is 23.1 Å². The molecular weight excluding hydrogens is 194 g/mol. The Bertz CT molecular complexity index is 380. The quantitative estimate of drug-likeness (QED) is 0.488. The molecule has 1 aromatic carbocycles. The van der Waals surface area contributed by atoms with E-state index in [1.807, 2.05) is 20.8 Å². The number of aromatic hydroxyl groups is 1. The molecule has 0 radical (unpaired) electrons. The fourth-order valence-corrected chi connectivity index (χ4v) is 1.24. The predicted molar refractivity (Wildman–Crippen MR) is 56.1 cm³/mol. The van der Waals surface area contributed by atoms with Crippen LogP contribution in [-0.4, -0.2) is 16.2 Å². The maximum absolute atomic E-state index is 11.2. The van der Waals surface area contributed by atoms with E-state index < -0.39 is 5.91 Å². The van der Waals surface area contributed by atoms with Gasteiger partial charge in [-0.1, -0.05) is 26.8 Å². The molecule has 0 spiro atoms. The van der Waals surface area contributed by atoms with Crippen LogP contribution in [0.3, 0.4) is 0 Å². The van der Waals surface area contributed by atoms with Crippen LogP contribution in [0.15, 0.2) is 18.2 Å². The highest BCUT2D eigenvalue weighted by atomic mass is 16.5. The van der Waals surface area contributed by atoms with Gasteiger partial charge in [0.05, 0.1) is 5.56 Å². The van der Waals surface area contributed by atoms with Gasteiger partial charge in [-0.15, -0.1) is 0 Å². The molecule has 4 nitrogen and oxygen atoms in total. The van der Waals surface area contributed by atoms with E-state index in [0.717, 1.165) is 5.56 Å². The third-order valence-corrected chi connectivity index (χ3v) is 2.21. The lowest BCUT2D eigenvalue weighted by molar-refractivity contribution is 0.0703. The summed E-state index contributed by atoms with van der Waals surface area (Å²) in [7, 11) is 0. The molecule has 1 rings (SSSR count). The van der Waals surface area contributed by atoms with Crippen molar-refractivity contribution in [3.8, 4) is 5.75 Å². The molecule has 0 unspecified atom stereocenters. The van der Waals surface area contributed by atoms with Crippen LogP contribution in [0.4, 0.5) is 0 Å². The van der Waals surface area contributed by atoms with Crippen LogP contribution in [0.1, 0.15) is 36.7 Å². The molecule has 0 aliphatic heterocycles. The summed E-state index contributed by atoms with van der Waals surface area (Å²) in [4.78, 5) is 11.2. The van der Waals surface area contributed by atoms with Crippen molar-refractivity contribution >= 4 is 5.91 Å². The van der Waals surface area contributed by atoms with Gasteiger partial charge in [-0.3, -0.25) is 10.0 Å². The Morgan fingerprint density at radius 3 is 2.40 bits per heavy atom. The van der Waals surface area contributed by atoms with Gasteiger partial charge in [-0.2, -0.15) is 0 Å². The van der Waals surface area contributed by atoms with Crippen molar-refractivity contribution in [3.63, 3.8) is 0 Å². The smallest absolute Gasteiger partial charge is 0.278 e. The standard InChI is InChI=1S/C11H15NO3/c1-11(2,3)7-4-5-9(13)8(6-7)10(14)12-15/h4-6,13,15H,1-3H3,(H,12,14). The van der Waals surface area contributed by atoms with E-state index in [-0.39, 0.29) is 16.7 Å². The molecule has 0 aromatic heterocycles. The predicted octanol–water partition coefficient (Wildman–Crippen LogP) is 1.81. The molecule has 0 atom stereocenters. The normalized spacial score (nSPS) is 11.2. The number of benzene rings is 1. The first-order valence-electron chi connectivity index (χ1n) is 4.64. The van der Waals surface area contributed by atoms with Crippen molar-refractivity contribution in [2.75, 3.05) is 0 Å². The van der Waals surface area contributed by atoms with Gasteiger partial charge >= 0.3 is 0 Å². The molecule has 3 N–H and O–H groups in total. The molecule has 0 bridgehead atoms. The van der Waals surface area contributed by atoms with Gasteiger partial charge < -0.3 is 5.11 Å². The molecule has 1 amide bonds. The summed E-state index contributed by atoms with van der Waals surface area (Å²) >= 11 is 0. The van der Waals surface area contributed by atoms with Crippen LogP contribution in [0.5, 0.6) is 5.75 Å². The Morgan fingerprint density at radius 1 is 1.33 bits per heavy atom. The van der Waals surface area contributed by atoms with Crippen LogP contribution >= 0.6 is 0 Å². The number of phenols is 1. The minimum absolute atomic E-state index is 0.0740. The van der Waals surface area contributed by atoms with Crippen molar-refractivity contribution in [1.82, 2.24) is 5.48 Å². The third kappa shape index (κ3) is 2.47. The zero-order valence-corrected chi connectivity index (χ0v) is 9.03. The number of carbonyl (C=O) groups is 1. The first kappa shape index (κ1) is 11.5. The molecule has 0 aliphatic rings. The summed E-state index contributed by atoms with van der Waals surface area (Å²) in [5, 5.41) is 17.9. The first-order chi connectivity index (χ1) is 6.86. The highest BCUT2D eigenvalue weighted by Gasteiger charge is 2.18. The van der Waals surface area contributed by atoms with E-state index in [0.29, 0.717) is 0 Å². The molecule has 4 heteroatoms. The Morgan fingerprint density at radius 2 is 1.93 bits per heavy atom. The Balaban J connectivity index is 3.23. The second-order valence-corrected chi connectivity index (χ2v) is 4.42. The number of phenolic OH excluding ortho intramolecular Hbond substituents is 1. The van der Waals surface area contributed by atoms with Crippen molar-refractivity contribution in [3.05, 3.63) is 29.3 Å². The van der Waals surface area contributed by atoms with Crippen molar-refractivity contribution in [1.29, 1.82) is 0 Å². The molecule has 82 valence electrons. The summed E-state index contributed by atoms with van der Waals surface area (Å²) in [6, 6.07) is 4.77. The van der Waals surface area contributed by atoms with E-state index in [9.17, 15) is 9.90 Å². The van der Waals surface area contributed by atoms with Gasteiger partial charge in [-0.25, -0.2) is 5.48 Å². The van der Waals surface area contributed by atoms with E-state index in [4.69, 9.17) is 5.21 Å². The van der Waals surface area contributed by atoms with Crippen LogP contribution in [0.2, 0.25) is 0 Å². The number of carbonyl (C=O) groups excluding carboxylic acids is 1. The largest absolute Gasteiger partial charge is 0.507 e. The van der Waals surface area contributed by atoms with Crippen LogP contribution in [0.25, 0.3) is 0 Å². The van der Waals surface area contributed by atoms with E-state index >= 15 is 0 Å². The zero-order chi connectivity index (χ0) is 11.6. The summed E-state index contributed by atoms with van der Waals surface area (Å²) < 4.78 is 0.